The number of carbonyl (C=O) groups excluding carboxylic acids is 1. The SMILES string of the molecule is NC(=O)Nc1ccc2[nH]nc(-c3cccc(F)c3)c2c1. The zero-order chi connectivity index (χ0) is 14.1. The van der Waals surface area contributed by atoms with Crippen molar-refractivity contribution in [1.29, 1.82) is 0 Å². The summed E-state index contributed by atoms with van der Waals surface area (Å²) in [6, 6.07) is 10.8. The van der Waals surface area contributed by atoms with Crippen molar-refractivity contribution in [2.75, 3.05) is 5.32 Å². The lowest BCUT2D eigenvalue weighted by Gasteiger charge is -2.02. The lowest BCUT2D eigenvalue weighted by atomic mass is 10.1. The van der Waals surface area contributed by atoms with E-state index in [0.717, 1.165) is 10.9 Å². The van der Waals surface area contributed by atoms with Gasteiger partial charge in [0.25, 0.3) is 0 Å². The molecule has 0 aliphatic heterocycles. The van der Waals surface area contributed by atoms with Crippen LogP contribution in [0.25, 0.3) is 22.2 Å². The van der Waals surface area contributed by atoms with Gasteiger partial charge in [0.15, 0.2) is 0 Å². The van der Waals surface area contributed by atoms with E-state index in [-0.39, 0.29) is 5.82 Å². The first-order chi connectivity index (χ1) is 9.63. The maximum atomic E-state index is 13.3. The van der Waals surface area contributed by atoms with Gasteiger partial charge in [0.1, 0.15) is 11.5 Å². The number of primary amides is 1. The van der Waals surface area contributed by atoms with Crippen LogP contribution in [-0.2, 0) is 0 Å². The van der Waals surface area contributed by atoms with Crippen molar-refractivity contribution in [1.82, 2.24) is 10.2 Å². The predicted molar refractivity (Wildman–Crippen MR) is 74.7 cm³/mol. The Balaban J connectivity index is 2.14. The molecule has 3 aromatic rings. The molecule has 0 spiro atoms. The minimum atomic E-state index is -0.639. The largest absolute Gasteiger partial charge is 0.351 e. The number of hydrogen-bond acceptors (Lipinski definition) is 2. The molecule has 2 amide bonds. The highest BCUT2D eigenvalue weighted by Gasteiger charge is 2.10. The van der Waals surface area contributed by atoms with E-state index in [9.17, 15) is 9.18 Å². The van der Waals surface area contributed by atoms with Crippen molar-refractivity contribution in [3.8, 4) is 11.3 Å². The van der Waals surface area contributed by atoms with Gasteiger partial charge < -0.3 is 11.1 Å². The number of fused-ring (bicyclic) bond motifs is 1. The van der Waals surface area contributed by atoms with Gasteiger partial charge in [-0.25, -0.2) is 9.18 Å². The Morgan fingerprint density at radius 3 is 2.85 bits per heavy atom. The molecular weight excluding hydrogens is 259 g/mol. The van der Waals surface area contributed by atoms with Gasteiger partial charge in [-0.3, -0.25) is 5.10 Å². The van der Waals surface area contributed by atoms with Crippen LogP contribution in [-0.4, -0.2) is 16.2 Å². The fourth-order valence-corrected chi connectivity index (χ4v) is 2.09. The molecule has 3 rings (SSSR count). The summed E-state index contributed by atoms with van der Waals surface area (Å²) in [5.41, 5.74) is 7.72. The topological polar surface area (TPSA) is 83.8 Å². The van der Waals surface area contributed by atoms with Crippen LogP contribution in [0.2, 0.25) is 0 Å². The van der Waals surface area contributed by atoms with E-state index in [2.05, 4.69) is 15.5 Å². The predicted octanol–water partition coefficient (Wildman–Crippen LogP) is 2.86. The van der Waals surface area contributed by atoms with Crippen LogP contribution in [0, 0.1) is 5.82 Å². The summed E-state index contributed by atoms with van der Waals surface area (Å²) in [6.45, 7) is 0. The highest BCUT2D eigenvalue weighted by Crippen LogP contribution is 2.28. The van der Waals surface area contributed by atoms with Gasteiger partial charge in [-0.15, -0.1) is 0 Å². The van der Waals surface area contributed by atoms with Gasteiger partial charge in [0.05, 0.1) is 5.52 Å². The van der Waals surface area contributed by atoms with Gasteiger partial charge >= 0.3 is 6.03 Å². The normalized spacial score (nSPS) is 10.7. The molecule has 0 radical (unpaired) electrons. The zero-order valence-electron chi connectivity index (χ0n) is 10.4. The van der Waals surface area contributed by atoms with Crippen molar-refractivity contribution < 1.29 is 9.18 Å². The standard InChI is InChI=1S/C14H11FN4O/c15-9-3-1-2-8(6-9)13-11-7-10(17-14(16)20)4-5-12(11)18-19-13/h1-7H,(H,18,19)(H3,16,17,20). The summed E-state index contributed by atoms with van der Waals surface area (Å²) in [4.78, 5) is 10.9. The number of H-pyrrole nitrogens is 1. The van der Waals surface area contributed by atoms with Crippen LogP contribution in [0.1, 0.15) is 0 Å². The van der Waals surface area contributed by atoms with E-state index in [1.54, 1.807) is 30.3 Å². The number of urea groups is 1. The molecule has 6 heteroatoms. The third kappa shape index (κ3) is 2.18. The van der Waals surface area contributed by atoms with E-state index in [4.69, 9.17) is 5.73 Å². The van der Waals surface area contributed by atoms with Crippen LogP contribution in [0.15, 0.2) is 42.5 Å². The maximum Gasteiger partial charge on any atom is 0.316 e. The van der Waals surface area contributed by atoms with E-state index < -0.39 is 6.03 Å². The number of amides is 2. The first kappa shape index (κ1) is 12.2. The second-order valence-corrected chi connectivity index (χ2v) is 4.33. The number of carbonyl (C=O) groups is 1. The number of nitrogens with zero attached hydrogens (tertiary/aromatic N) is 1. The summed E-state index contributed by atoms with van der Waals surface area (Å²) in [5, 5.41) is 10.3. The van der Waals surface area contributed by atoms with Crippen LogP contribution < -0.4 is 11.1 Å². The number of nitrogens with one attached hydrogen (secondary N) is 2. The lowest BCUT2D eigenvalue weighted by molar-refractivity contribution is 0.259. The number of nitrogens with two attached hydrogens (primary N) is 1. The van der Waals surface area contributed by atoms with Crippen molar-refractivity contribution in [3.63, 3.8) is 0 Å². The smallest absolute Gasteiger partial charge is 0.316 e. The Morgan fingerprint density at radius 2 is 2.10 bits per heavy atom. The van der Waals surface area contributed by atoms with Crippen LogP contribution in [0.4, 0.5) is 14.9 Å². The second kappa shape index (κ2) is 4.65. The molecule has 0 aliphatic rings. The minimum absolute atomic E-state index is 0.329. The molecule has 20 heavy (non-hydrogen) atoms. The molecule has 0 aliphatic carbocycles. The fraction of sp³-hybridized carbons (Fsp3) is 0. The van der Waals surface area contributed by atoms with E-state index in [0.29, 0.717) is 16.9 Å². The number of halogens is 1. The minimum Gasteiger partial charge on any atom is -0.351 e. The van der Waals surface area contributed by atoms with E-state index in [1.807, 2.05) is 0 Å². The summed E-state index contributed by atoms with van der Waals surface area (Å²) in [7, 11) is 0. The highest BCUT2D eigenvalue weighted by atomic mass is 19.1. The number of hydrogen-bond donors (Lipinski definition) is 3. The summed E-state index contributed by atoms with van der Waals surface area (Å²) in [6.07, 6.45) is 0. The number of anilines is 1. The summed E-state index contributed by atoms with van der Waals surface area (Å²) in [5.74, 6) is -0.329. The Bertz CT molecular complexity index is 797. The van der Waals surface area contributed by atoms with E-state index >= 15 is 0 Å². The van der Waals surface area contributed by atoms with Gasteiger partial charge in [-0.2, -0.15) is 5.10 Å². The monoisotopic (exact) mass is 270 g/mol. The van der Waals surface area contributed by atoms with Gasteiger partial charge in [0, 0.05) is 16.6 Å². The first-order valence-corrected chi connectivity index (χ1v) is 5.94. The van der Waals surface area contributed by atoms with Crippen molar-refractivity contribution >= 4 is 22.6 Å². The van der Waals surface area contributed by atoms with E-state index in [1.165, 1.54) is 12.1 Å². The van der Waals surface area contributed by atoms with Crippen molar-refractivity contribution in [2.24, 2.45) is 5.73 Å². The molecule has 1 heterocycles. The van der Waals surface area contributed by atoms with Crippen LogP contribution in [0.3, 0.4) is 0 Å². The molecule has 0 saturated heterocycles. The molecule has 0 saturated carbocycles. The van der Waals surface area contributed by atoms with Gasteiger partial charge in [-0.1, -0.05) is 12.1 Å². The average Bonchev–Trinajstić information content (AvgIpc) is 2.81. The van der Waals surface area contributed by atoms with Gasteiger partial charge in [-0.05, 0) is 30.3 Å². The number of rotatable bonds is 2. The molecule has 4 N–H and O–H groups in total. The lowest BCUT2D eigenvalue weighted by Crippen LogP contribution is -2.19. The summed E-state index contributed by atoms with van der Waals surface area (Å²) < 4.78 is 13.3. The Kier molecular flexibility index (Phi) is 2.83. The number of aromatic amines is 1. The molecule has 1 aromatic heterocycles. The number of aromatic nitrogens is 2. The molecule has 2 aromatic carbocycles. The van der Waals surface area contributed by atoms with Crippen molar-refractivity contribution in [3.05, 3.63) is 48.3 Å². The quantitative estimate of drug-likeness (QED) is 0.669. The molecular formula is C14H11FN4O. The molecule has 0 bridgehead atoms. The Labute approximate surface area is 113 Å². The Morgan fingerprint density at radius 1 is 1.25 bits per heavy atom. The third-order valence-electron chi connectivity index (χ3n) is 2.93. The second-order valence-electron chi connectivity index (χ2n) is 4.33. The average molecular weight is 270 g/mol. The molecule has 0 unspecified atom stereocenters. The third-order valence-corrected chi connectivity index (χ3v) is 2.93. The summed E-state index contributed by atoms with van der Waals surface area (Å²) >= 11 is 0. The number of benzene rings is 2. The highest BCUT2D eigenvalue weighted by molar-refractivity contribution is 5.97. The van der Waals surface area contributed by atoms with Gasteiger partial charge in [0.2, 0.25) is 0 Å². The molecule has 100 valence electrons. The maximum absolute atomic E-state index is 13.3. The fourth-order valence-electron chi connectivity index (χ4n) is 2.09. The first-order valence-electron chi connectivity index (χ1n) is 5.94. The van der Waals surface area contributed by atoms with Crippen LogP contribution in [0.5, 0.6) is 0 Å². The molecule has 5 nitrogen and oxygen atoms in total. The molecule has 0 atom stereocenters. The van der Waals surface area contributed by atoms with Crippen LogP contribution >= 0.6 is 0 Å². The van der Waals surface area contributed by atoms with Crippen molar-refractivity contribution in [2.45, 2.75) is 0 Å². The Hall–Kier alpha value is -2.89. The zero-order valence-corrected chi connectivity index (χ0v) is 10.4. The molecule has 0 fully saturated rings.